The van der Waals surface area contributed by atoms with Gasteiger partial charge in [0.2, 0.25) is 0 Å². The Morgan fingerprint density at radius 2 is 1.93 bits per heavy atom. The van der Waals surface area contributed by atoms with Crippen molar-refractivity contribution >= 4 is 57.6 Å². The summed E-state index contributed by atoms with van der Waals surface area (Å²) in [6, 6.07) is 18.4. The highest BCUT2D eigenvalue weighted by molar-refractivity contribution is 8.27. The summed E-state index contributed by atoms with van der Waals surface area (Å²) in [6.45, 7) is 0. The van der Waals surface area contributed by atoms with E-state index in [-0.39, 0.29) is 5.91 Å². The fourth-order valence-corrected chi connectivity index (χ4v) is 4.34. The van der Waals surface area contributed by atoms with Crippen molar-refractivity contribution in [1.82, 2.24) is 0 Å². The minimum atomic E-state index is -0.161. The number of hydrogen-bond donors (Lipinski definition) is 0. The van der Waals surface area contributed by atoms with Gasteiger partial charge in [-0.3, -0.25) is 9.69 Å². The SMILES string of the molecule is COc1ccc(-c2ccc(/C=C3/SC(=S)N(c4ccccc4)C3=O)o2)cc1Cl. The van der Waals surface area contributed by atoms with Crippen molar-refractivity contribution in [3.05, 3.63) is 76.4 Å². The predicted molar refractivity (Wildman–Crippen MR) is 118 cm³/mol. The van der Waals surface area contributed by atoms with Crippen molar-refractivity contribution in [2.45, 2.75) is 0 Å². The van der Waals surface area contributed by atoms with E-state index in [1.54, 1.807) is 25.3 Å². The van der Waals surface area contributed by atoms with Gasteiger partial charge in [0.15, 0.2) is 4.32 Å². The predicted octanol–water partition coefficient (Wildman–Crippen LogP) is 6.01. The molecule has 7 heteroatoms. The van der Waals surface area contributed by atoms with Crippen molar-refractivity contribution in [1.29, 1.82) is 0 Å². The quantitative estimate of drug-likeness (QED) is 0.376. The Morgan fingerprint density at radius 1 is 1.14 bits per heavy atom. The molecule has 1 saturated heterocycles. The van der Waals surface area contributed by atoms with Gasteiger partial charge in [-0.2, -0.15) is 0 Å². The van der Waals surface area contributed by atoms with Crippen molar-refractivity contribution in [2.75, 3.05) is 12.0 Å². The second kappa shape index (κ2) is 7.83. The third-order valence-corrected chi connectivity index (χ3v) is 5.74. The molecule has 0 bridgehead atoms. The van der Waals surface area contributed by atoms with E-state index in [2.05, 4.69) is 0 Å². The molecule has 0 saturated carbocycles. The Labute approximate surface area is 176 Å². The molecule has 0 spiro atoms. The number of rotatable bonds is 4. The number of thioether (sulfide) groups is 1. The molecule has 2 heterocycles. The van der Waals surface area contributed by atoms with E-state index in [1.165, 1.54) is 16.7 Å². The first-order valence-electron chi connectivity index (χ1n) is 8.33. The zero-order valence-corrected chi connectivity index (χ0v) is 17.1. The molecule has 1 aromatic heterocycles. The maximum Gasteiger partial charge on any atom is 0.270 e. The molecule has 1 aliphatic rings. The number of benzene rings is 2. The number of para-hydroxylation sites is 1. The number of carbonyl (C=O) groups excluding carboxylic acids is 1. The summed E-state index contributed by atoms with van der Waals surface area (Å²) < 4.78 is 11.5. The van der Waals surface area contributed by atoms with Crippen LogP contribution in [0.25, 0.3) is 17.4 Å². The van der Waals surface area contributed by atoms with Crippen molar-refractivity contribution < 1.29 is 13.9 Å². The number of anilines is 1. The molecule has 2 aromatic carbocycles. The number of carbonyl (C=O) groups is 1. The van der Waals surface area contributed by atoms with Gasteiger partial charge in [0.05, 0.1) is 22.7 Å². The van der Waals surface area contributed by atoms with Crippen LogP contribution in [0.4, 0.5) is 5.69 Å². The molecule has 0 radical (unpaired) electrons. The van der Waals surface area contributed by atoms with E-state index in [9.17, 15) is 4.79 Å². The number of ether oxygens (including phenoxy) is 1. The summed E-state index contributed by atoms with van der Waals surface area (Å²) in [6.07, 6.45) is 1.71. The highest BCUT2D eigenvalue weighted by Gasteiger charge is 2.33. The number of furan rings is 1. The monoisotopic (exact) mass is 427 g/mol. The van der Waals surface area contributed by atoms with Crippen LogP contribution >= 0.6 is 35.6 Å². The van der Waals surface area contributed by atoms with Crippen molar-refractivity contribution in [2.24, 2.45) is 0 Å². The Hall–Kier alpha value is -2.54. The van der Waals surface area contributed by atoms with E-state index in [0.717, 1.165) is 11.3 Å². The molecule has 4 nitrogen and oxygen atoms in total. The third kappa shape index (κ3) is 3.58. The van der Waals surface area contributed by atoms with Gasteiger partial charge >= 0.3 is 0 Å². The zero-order valence-electron chi connectivity index (χ0n) is 14.7. The molecule has 3 aromatic rings. The molecule has 1 amide bonds. The maximum absolute atomic E-state index is 12.8. The normalized spacial score (nSPS) is 15.5. The molecule has 140 valence electrons. The van der Waals surface area contributed by atoms with E-state index >= 15 is 0 Å². The van der Waals surface area contributed by atoms with E-state index in [0.29, 0.717) is 31.5 Å². The number of halogens is 1. The lowest BCUT2D eigenvalue weighted by molar-refractivity contribution is -0.113. The van der Waals surface area contributed by atoms with Gasteiger partial charge in [-0.05, 0) is 42.5 Å². The number of amides is 1. The molecular weight excluding hydrogens is 414 g/mol. The number of nitrogens with zero attached hydrogens (tertiary/aromatic N) is 1. The Balaban J connectivity index is 1.60. The van der Waals surface area contributed by atoms with Gasteiger partial charge in [-0.1, -0.05) is 53.8 Å². The molecular formula is C21H14ClNO3S2. The van der Waals surface area contributed by atoms with Crippen LogP contribution in [0.5, 0.6) is 5.75 Å². The van der Waals surface area contributed by atoms with Gasteiger partial charge in [-0.25, -0.2) is 0 Å². The second-order valence-electron chi connectivity index (χ2n) is 5.90. The van der Waals surface area contributed by atoms with E-state index in [4.69, 9.17) is 33.0 Å². The summed E-state index contributed by atoms with van der Waals surface area (Å²) in [5.41, 5.74) is 1.57. The minimum absolute atomic E-state index is 0.161. The standard InChI is InChI=1S/C21H14ClNO3S2/c1-25-18-9-7-13(11-16(18)22)17-10-8-15(26-17)12-19-20(24)23(21(27)28-19)14-5-3-2-4-6-14/h2-12H,1H3/b19-12+. The van der Waals surface area contributed by atoms with E-state index in [1.807, 2.05) is 48.5 Å². The summed E-state index contributed by atoms with van der Waals surface area (Å²) in [4.78, 5) is 14.8. The van der Waals surface area contributed by atoms with Crippen LogP contribution in [0.2, 0.25) is 5.02 Å². The highest BCUT2D eigenvalue weighted by Crippen LogP contribution is 2.37. The molecule has 0 unspecified atom stereocenters. The summed E-state index contributed by atoms with van der Waals surface area (Å²) in [5.74, 6) is 1.65. The van der Waals surface area contributed by atoms with Crippen LogP contribution in [-0.4, -0.2) is 17.3 Å². The molecule has 4 rings (SSSR count). The first-order valence-corrected chi connectivity index (χ1v) is 9.94. The van der Waals surface area contributed by atoms with Gasteiger partial charge in [-0.15, -0.1) is 0 Å². The largest absolute Gasteiger partial charge is 0.495 e. The third-order valence-electron chi connectivity index (χ3n) is 4.14. The smallest absolute Gasteiger partial charge is 0.270 e. The number of hydrogen-bond acceptors (Lipinski definition) is 5. The average molecular weight is 428 g/mol. The topological polar surface area (TPSA) is 42.7 Å². The fourth-order valence-electron chi connectivity index (χ4n) is 2.80. The maximum atomic E-state index is 12.8. The van der Waals surface area contributed by atoms with Crippen molar-refractivity contribution in [3.8, 4) is 17.1 Å². The lowest BCUT2D eigenvalue weighted by Gasteiger charge is -2.13. The molecule has 0 atom stereocenters. The summed E-state index contributed by atoms with van der Waals surface area (Å²) in [7, 11) is 1.57. The minimum Gasteiger partial charge on any atom is -0.495 e. The lowest BCUT2D eigenvalue weighted by atomic mass is 10.2. The van der Waals surface area contributed by atoms with Crippen molar-refractivity contribution in [3.63, 3.8) is 0 Å². The van der Waals surface area contributed by atoms with Gasteiger partial charge in [0.1, 0.15) is 17.3 Å². The molecule has 28 heavy (non-hydrogen) atoms. The van der Waals surface area contributed by atoms with Crippen LogP contribution in [0.1, 0.15) is 5.76 Å². The zero-order chi connectivity index (χ0) is 19.7. The highest BCUT2D eigenvalue weighted by atomic mass is 35.5. The van der Waals surface area contributed by atoms with Gasteiger partial charge in [0, 0.05) is 11.6 Å². The molecule has 1 aliphatic heterocycles. The summed E-state index contributed by atoms with van der Waals surface area (Å²) in [5, 5.41) is 0.502. The second-order valence-corrected chi connectivity index (χ2v) is 7.99. The van der Waals surface area contributed by atoms with Crippen LogP contribution in [0, 0.1) is 0 Å². The number of methoxy groups -OCH3 is 1. The first kappa shape index (κ1) is 18.8. The van der Waals surface area contributed by atoms with Crippen LogP contribution < -0.4 is 9.64 Å². The Kier molecular flexibility index (Phi) is 5.26. The van der Waals surface area contributed by atoms with Crippen LogP contribution in [0.3, 0.4) is 0 Å². The fraction of sp³-hybridized carbons (Fsp3) is 0.0476. The van der Waals surface area contributed by atoms with E-state index < -0.39 is 0 Å². The van der Waals surface area contributed by atoms with Gasteiger partial charge < -0.3 is 9.15 Å². The number of thiocarbonyl (C=S) groups is 1. The van der Waals surface area contributed by atoms with Crippen LogP contribution in [-0.2, 0) is 4.79 Å². The Morgan fingerprint density at radius 3 is 2.64 bits per heavy atom. The van der Waals surface area contributed by atoms with Crippen LogP contribution in [0.15, 0.2) is 70.0 Å². The molecule has 1 fully saturated rings. The molecule has 0 aliphatic carbocycles. The van der Waals surface area contributed by atoms with Gasteiger partial charge in [0.25, 0.3) is 5.91 Å². The first-order chi connectivity index (χ1) is 13.6. The Bertz CT molecular complexity index is 1090. The summed E-state index contributed by atoms with van der Waals surface area (Å²) >= 11 is 12.8. The average Bonchev–Trinajstić information content (AvgIpc) is 3.27. The lowest BCUT2D eigenvalue weighted by Crippen LogP contribution is -2.27. The molecule has 0 N–H and O–H groups in total.